The fourth-order valence-corrected chi connectivity index (χ4v) is 3.92. The third-order valence-corrected chi connectivity index (χ3v) is 5.35. The van der Waals surface area contributed by atoms with Gasteiger partial charge in [-0.2, -0.15) is 0 Å². The van der Waals surface area contributed by atoms with Crippen LogP contribution in [0.1, 0.15) is 20.8 Å². The Kier molecular flexibility index (Phi) is 4.89. The lowest BCUT2D eigenvalue weighted by molar-refractivity contribution is -0.129. The molecule has 0 saturated carbocycles. The predicted octanol–water partition coefficient (Wildman–Crippen LogP) is 3.93. The molecule has 0 N–H and O–H groups in total. The van der Waals surface area contributed by atoms with Gasteiger partial charge in [0.15, 0.2) is 6.61 Å². The Morgan fingerprint density at radius 3 is 2.73 bits per heavy atom. The minimum absolute atomic E-state index is 0.263. The highest BCUT2D eigenvalue weighted by atomic mass is 19.1. The van der Waals surface area contributed by atoms with Crippen molar-refractivity contribution in [2.24, 2.45) is 0 Å². The smallest absolute Gasteiger partial charge is 0.265 e. The molecule has 0 saturated heterocycles. The van der Waals surface area contributed by atoms with Gasteiger partial charge in [-0.25, -0.2) is 4.39 Å². The van der Waals surface area contributed by atoms with E-state index in [4.69, 9.17) is 4.74 Å². The first-order valence-electron chi connectivity index (χ1n) is 9.74. The fraction of sp³-hybridized carbons (Fsp3) is 0.261. The van der Waals surface area contributed by atoms with Crippen LogP contribution < -0.4 is 14.5 Å². The summed E-state index contributed by atoms with van der Waals surface area (Å²) in [5.41, 5.74) is -0.269. The average molecular weight is 407 g/mol. The Labute approximate surface area is 173 Å². The average Bonchev–Trinajstić information content (AvgIpc) is 2.73. The number of ether oxygens (including phenoxy) is 1. The first-order valence-corrected chi connectivity index (χ1v) is 9.74. The van der Waals surface area contributed by atoms with Crippen LogP contribution in [-0.4, -0.2) is 35.5 Å². The van der Waals surface area contributed by atoms with Crippen molar-refractivity contribution in [1.29, 1.82) is 0 Å². The molecule has 2 amide bonds. The van der Waals surface area contributed by atoms with Crippen molar-refractivity contribution < 1.29 is 18.7 Å². The van der Waals surface area contributed by atoms with Crippen LogP contribution in [0.5, 0.6) is 5.75 Å². The SMILES string of the molecule is CCN1C(=O)C(C)(C)N(C(=O)COc2cccc3cnccc23)c2ccc(F)cc21. The van der Waals surface area contributed by atoms with Crippen molar-refractivity contribution >= 4 is 34.0 Å². The van der Waals surface area contributed by atoms with E-state index in [0.29, 0.717) is 23.7 Å². The van der Waals surface area contributed by atoms with Gasteiger partial charge in [0, 0.05) is 29.7 Å². The first kappa shape index (κ1) is 19.8. The lowest BCUT2D eigenvalue weighted by Gasteiger charge is -2.46. The van der Waals surface area contributed by atoms with Gasteiger partial charge in [-0.3, -0.25) is 19.5 Å². The van der Waals surface area contributed by atoms with Gasteiger partial charge in [0.05, 0.1) is 11.4 Å². The molecular weight excluding hydrogens is 385 g/mol. The van der Waals surface area contributed by atoms with Gasteiger partial charge in [0.25, 0.3) is 11.8 Å². The number of anilines is 2. The van der Waals surface area contributed by atoms with Crippen LogP contribution in [0.3, 0.4) is 0 Å². The number of fused-ring (bicyclic) bond motifs is 2. The molecule has 7 heteroatoms. The zero-order valence-corrected chi connectivity index (χ0v) is 17.1. The molecule has 154 valence electrons. The molecule has 0 atom stereocenters. The third kappa shape index (κ3) is 3.16. The first-order chi connectivity index (χ1) is 14.3. The van der Waals surface area contributed by atoms with E-state index in [1.807, 2.05) is 25.1 Å². The quantitative estimate of drug-likeness (QED) is 0.657. The number of amides is 2. The zero-order valence-electron chi connectivity index (χ0n) is 17.1. The Bertz CT molecular complexity index is 1140. The number of aromatic nitrogens is 1. The van der Waals surface area contributed by atoms with E-state index in [2.05, 4.69) is 4.98 Å². The van der Waals surface area contributed by atoms with Crippen molar-refractivity contribution in [2.75, 3.05) is 23.0 Å². The van der Waals surface area contributed by atoms with Crippen LogP contribution in [0.25, 0.3) is 10.8 Å². The molecule has 6 nitrogen and oxygen atoms in total. The van der Waals surface area contributed by atoms with Crippen LogP contribution in [0.2, 0.25) is 0 Å². The molecular formula is C23H22FN3O3. The van der Waals surface area contributed by atoms with E-state index in [-0.39, 0.29) is 18.4 Å². The largest absolute Gasteiger partial charge is 0.483 e. The van der Waals surface area contributed by atoms with Gasteiger partial charge in [-0.1, -0.05) is 12.1 Å². The summed E-state index contributed by atoms with van der Waals surface area (Å²) >= 11 is 0. The van der Waals surface area contributed by atoms with E-state index in [1.54, 1.807) is 32.3 Å². The van der Waals surface area contributed by atoms with Gasteiger partial charge in [0.2, 0.25) is 0 Å². The molecule has 30 heavy (non-hydrogen) atoms. The van der Waals surface area contributed by atoms with E-state index < -0.39 is 11.4 Å². The highest BCUT2D eigenvalue weighted by molar-refractivity contribution is 6.15. The summed E-state index contributed by atoms with van der Waals surface area (Å²) in [4.78, 5) is 33.3. The molecule has 0 fully saturated rings. The summed E-state index contributed by atoms with van der Waals surface area (Å²) in [5.74, 6) is -0.567. The Morgan fingerprint density at radius 1 is 1.17 bits per heavy atom. The summed E-state index contributed by atoms with van der Waals surface area (Å²) in [5, 5.41) is 1.74. The van der Waals surface area contributed by atoms with E-state index in [9.17, 15) is 14.0 Å². The van der Waals surface area contributed by atoms with Crippen LogP contribution >= 0.6 is 0 Å². The Morgan fingerprint density at radius 2 is 1.97 bits per heavy atom. The number of benzene rings is 2. The third-order valence-electron chi connectivity index (χ3n) is 5.35. The van der Waals surface area contributed by atoms with E-state index in [0.717, 1.165) is 10.8 Å². The summed E-state index contributed by atoms with van der Waals surface area (Å²) in [7, 11) is 0. The number of nitrogens with zero attached hydrogens (tertiary/aromatic N) is 3. The number of halogens is 1. The lowest BCUT2D eigenvalue weighted by Crippen LogP contribution is -2.63. The van der Waals surface area contributed by atoms with Crippen LogP contribution in [0.4, 0.5) is 15.8 Å². The lowest BCUT2D eigenvalue weighted by atomic mass is 9.94. The molecule has 1 aliphatic heterocycles. The number of carbonyl (C=O) groups is 2. The molecule has 4 rings (SSSR count). The van der Waals surface area contributed by atoms with Crippen molar-refractivity contribution in [1.82, 2.24) is 4.98 Å². The standard InChI is InChI=1S/C23H22FN3O3/c1-4-26-19-12-16(24)8-9-18(19)27(23(2,3)22(26)29)21(28)14-30-20-7-5-6-15-13-25-11-10-17(15)20/h5-13H,4,14H2,1-3H3. The monoisotopic (exact) mass is 407 g/mol. The summed E-state index contributed by atoms with van der Waals surface area (Å²) < 4.78 is 19.7. The van der Waals surface area contributed by atoms with Gasteiger partial charge in [0.1, 0.15) is 17.1 Å². The van der Waals surface area contributed by atoms with Gasteiger partial charge < -0.3 is 9.64 Å². The molecule has 3 aromatic rings. The number of rotatable bonds is 4. The fourth-order valence-electron chi connectivity index (χ4n) is 3.92. The Hall–Kier alpha value is -3.48. The molecule has 1 aromatic heterocycles. The van der Waals surface area contributed by atoms with Gasteiger partial charge >= 0.3 is 0 Å². The molecule has 0 spiro atoms. The minimum atomic E-state index is -1.13. The number of hydrogen-bond donors (Lipinski definition) is 0. The zero-order chi connectivity index (χ0) is 21.5. The number of likely N-dealkylation sites (N-methyl/N-ethyl adjacent to an activating group) is 1. The molecule has 0 bridgehead atoms. The number of hydrogen-bond acceptors (Lipinski definition) is 4. The Balaban J connectivity index is 1.68. The molecule has 2 aromatic carbocycles. The van der Waals surface area contributed by atoms with Crippen molar-refractivity contribution in [3.05, 3.63) is 60.7 Å². The second-order valence-corrected chi connectivity index (χ2v) is 7.61. The van der Waals surface area contributed by atoms with Crippen molar-refractivity contribution in [2.45, 2.75) is 26.3 Å². The van der Waals surface area contributed by atoms with Crippen molar-refractivity contribution in [3.8, 4) is 5.75 Å². The maximum atomic E-state index is 13.9. The maximum absolute atomic E-state index is 13.9. The van der Waals surface area contributed by atoms with Gasteiger partial charge in [-0.15, -0.1) is 0 Å². The van der Waals surface area contributed by atoms with E-state index in [1.165, 1.54) is 28.0 Å². The van der Waals surface area contributed by atoms with Crippen LogP contribution in [0.15, 0.2) is 54.9 Å². The highest BCUT2D eigenvalue weighted by Gasteiger charge is 2.47. The molecule has 1 aliphatic rings. The van der Waals surface area contributed by atoms with Crippen LogP contribution in [-0.2, 0) is 9.59 Å². The minimum Gasteiger partial charge on any atom is -0.483 e. The second kappa shape index (κ2) is 7.40. The maximum Gasteiger partial charge on any atom is 0.265 e. The van der Waals surface area contributed by atoms with Crippen LogP contribution in [0, 0.1) is 5.82 Å². The molecule has 2 heterocycles. The van der Waals surface area contributed by atoms with Crippen molar-refractivity contribution in [3.63, 3.8) is 0 Å². The summed E-state index contributed by atoms with van der Waals surface area (Å²) in [6.07, 6.45) is 3.38. The second-order valence-electron chi connectivity index (χ2n) is 7.61. The molecule has 0 unspecified atom stereocenters. The number of carbonyl (C=O) groups excluding carboxylic acids is 2. The van der Waals surface area contributed by atoms with E-state index >= 15 is 0 Å². The highest BCUT2D eigenvalue weighted by Crippen LogP contribution is 2.41. The number of pyridine rings is 1. The summed E-state index contributed by atoms with van der Waals surface area (Å²) in [6, 6.07) is 11.4. The van der Waals surface area contributed by atoms with Gasteiger partial charge in [-0.05, 0) is 51.1 Å². The normalized spacial score (nSPS) is 15.3. The topological polar surface area (TPSA) is 62.7 Å². The molecule has 0 radical (unpaired) electrons. The predicted molar refractivity (Wildman–Crippen MR) is 113 cm³/mol. The summed E-state index contributed by atoms with van der Waals surface area (Å²) in [6.45, 7) is 5.30. The molecule has 0 aliphatic carbocycles.